The molecule has 2 aromatic carbocycles. The largest absolute Gasteiger partial charge is 0.359 e. The summed E-state index contributed by atoms with van der Waals surface area (Å²) in [4.78, 5) is 20.7. The van der Waals surface area contributed by atoms with Crippen LogP contribution < -0.4 is 5.06 Å². The average molecular weight is 324 g/mol. The molecule has 4 rings (SSSR count). The molecule has 0 saturated carbocycles. The van der Waals surface area contributed by atoms with Crippen molar-refractivity contribution in [2.45, 2.75) is 6.04 Å². The Balaban J connectivity index is 1.68. The molecule has 1 amide bonds. The van der Waals surface area contributed by atoms with E-state index in [1.54, 1.807) is 4.90 Å². The second kappa shape index (κ2) is 6.63. The van der Waals surface area contributed by atoms with Gasteiger partial charge in [0, 0.05) is 6.54 Å². The Labute approximate surface area is 141 Å². The topological polar surface area (TPSA) is 42.0 Å². The molecule has 2 fully saturated rings. The quantitative estimate of drug-likeness (QED) is 0.870. The van der Waals surface area contributed by atoms with Crippen molar-refractivity contribution in [1.29, 1.82) is 0 Å². The third-order valence-electron chi connectivity index (χ3n) is 4.56. The standard InChI is InChI=1S/C19H20N2O3/c22-19(20-11-12-23-14-20)17-13-24-21(16-9-5-2-6-10-16)18(17)15-7-3-1-4-8-15/h1-10,17-18H,11-14H2/t17-,18-/m0/s1. The van der Waals surface area contributed by atoms with E-state index in [1.165, 1.54) is 0 Å². The molecule has 24 heavy (non-hydrogen) atoms. The summed E-state index contributed by atoms with van der Waals surface area (Å²) in [5, 5.41) is 1.87. The second-order valence-corrected chi connectivity index (χ2v) is 6.06. The van der Waals surface area contributed by atoms with Gasteiger partial charge in [0.1, 0.15) is 6.73 Å². The van der Waals surface area contributed by atoms with Crippen LogP contribution in [0.15, 0.2) is 60.7 Å². The van der Waals surface area contributed by atoms with E-state index in [1.807, 2.05) is 53.6 Å². The van der Waals surface area contributed by atoms with E-state index in [-0.39, 0.29) is 17.9 Å². The summed E-state index contributed by atoms with van der Waals surface area (Å²) in [5.74, 6) is -0.144. The number of rotatable bonds is 3. The number of amides is 1. The first-order valence-electron chi connectivity index (χ1n) is 8.23. The number of hydrogen-bond acceptors (Lipinski definition) is 4. The highest BCUT2D eigenvalue weighted by molar-refractivity contribution is 5.81. The lowest BCUT2D eigenvalue weighted by molar-refractivity contribution is -0.136. The Morgan fingerprint density at radius 1 is 1.00 bits per heavy atom. The van der Waals surface area contributed by atoms with Gasteiger partial charge in [-0.1, -0.05) is 48.5 Å². The summed E-state index contributed by atoms with van der Waals surface area (Å²) in [6, 6.07) is 19.9. The van der Waals surface area contributed by atoms with E-state index in [9.17, 15) is 4.79 Å². The van der Waals surface area contributed by atoms with Crippen LogP contribution in [0, 0.1) is 5.92 Å². The van der Waals surface area contributed by atoms with E-state index >= 15 is 0 Å². The molecule has 2 atom stereocenters. The molecule has 2 aliphatic heterocycles. The molecule has 2 aromatic rings. The molecule has 124 valence electrons. The van der Waals surface area contributed by atoms with Crippen LogP contribution >= 0.6 is 0 Å². The molecule has 0 aromatic heterocycles. The number of ether oxygens (including phenoxy) is 1. The number of para-hydroxylation sites is 1. The van der Waals surface area contributed by atoms with Gasteiger partial charge in [0.2, 0.25) is 5.91 Å². The summed E-state index contributed by atoms with van der Waals surface area (Å²) in [7, 11) is 0. The Bertz CT molecular complexity index is 686. The molecule has 2 aliphatic rings. The number of benzene rings is 2. The second-order valence-electron chi connectivity index (χ2n) is 6.06. The van der Waals surface area contributed by atoms with Crippen LogP contribution in [0.3, 0.4) is 0 Å². The highest BCUT2D eigenvalue weighted by Gasteiger charge is 2.43. The third-order valence-corrected chi connectivity index (χ3v) is 4.56. The van der Waals surface area contributed by atoms with Crippen molar-refractivity contribution >= 4 is 11.6 Å². The average Bonchev–Trinajstić information content (AvgIpc) is 3.32. The van der Waals surface area contributed by atoms with Gasteiger partial charge in [-0.15, -0.1) is 0 Å². The molecule has 5 heteroatoms. The number of hydrogen-bond donors (Lipinski definition) is 0. The molecule has 0 bridgehead atoms. The summed E-state index contributed by atoms with van der Waals surface area (Å²) < 4.78 is 5.34. The van der Waals surface area contributed by atoms with Crippen molar-refractivity contribution in [1.82, 2.24) is 4.90 Å². The van der Waals surface area contributed by atoms with Gasteiger partial charge in [-0.3, -0.25) is 9.63 Å². The van der Waals surface area contributed by atoms with Crippen LogP contribution in [0.2, 0.25) is 0 Å². The fraction of sp³-hybridized carbons (Fsp3) is 0.316. The van der Waals surface area contributed by atoms with Gasteiger partial charge < -0.3 is 9.64 Å². The van der Waals surface area contributed by atoms with Gasteiger partial charge >= 0.3 is 0 Å². The molecular formula is C19H20N2O3. The van der Waals surface area contributed by atoms with Gasteiger partial charge in [-0.25, -0.2) is 5.06 Å². The number of hydroxylamine groups is 1. The predicted molar refractivity (Wildman–Crippen MR) is 90.1 cm³/mol. The number of carbonyl (C=O) groups excluding carboxylic acids is 1. The lowest BCUT2D eigenvalue weighted by Gasteiger charge is -2.28. The minimum Gasteiger partial charge on any atom is -0.359 e. The van der Waals surface area contributed by atoms with Crippen molar-refractivity contribution in [2.24, 2.45) is 5.92 Å². The molecule has 5 nitrogen and oxygen atoms in total. The van der Waals surface area contributed by atoms with Crippen molar-refractivity contribution in [3.8, 4) is 0 Å². The number of anilines is 1. The van der Waals surface area contributed by atoms with E-state index < -0.39 is 0 Å². The lowest BCUT2D eigenvalue weighted by atomic mass is 9.92. The number of carbonyl (C=O) groups is 1. The van der Waals surface area contributed by atoms with E-state index in [2.05, 4.69) is 12.1 Å². The summed E-state index contributed by atoms with van der Waals surface area (Å²) >= 11 is 0. The summed E-state index contributed by atoms with van der Waals surface area (Å²) in [6.07, 6.45) is 0. The van der Waals surface area contributed by atoms with Gasteiger partial charge in [0.05, 0.1) is 30.9 Å². The third kappa shape index (κ3) is 2.77. The van der Waals surface area contributed by atoms with Crippen LogP contribution in [0.1, 0.15) is 11.6 Å². The normalized spacial score (nSPS) is 23.7. The fourth-order valence-corrected chi connectivity index (χ4v) is 3.35. The maximum atomic E-state index is 12.9. The van der Waals surface area contributed by atoms with Crippen LogP contribution in [0.25, 0.3) is 0 Å². The van der Waals surface area contributed by atoms with Gasteiger partial charge in [-0.05, 0) is 17.7 Å². The van der Waals surface area contributed by atoms with E-state index in [0.29, 0.717) is 26.5 Å². The van der Waals surface area contributed by atoms with E-state index in [4.69, 9.17) is 9.57 Å². The molecular weight excluding hydrogens is 304 g/mol. The zero-order chi connectivity index (χ0) is 16.4. The van der Waals surface area contributed by atoms with Crippen LogP contribution in [0.5, 0.6) is 0 Å². The molecule has 0 aliphatic carbocycles. The molecule has 0 unspecified atom stereocenters. The van der Waals surface area contributed by atoms with Gasteiger partial charge in [-0.2, -0.15) is 0 Å². The highest BCUT2D eigenvalue weighted by Crippen LogP contribution is 2.39. The molecule has 2 saturated heterocycles. The monoisotopic (exact) mass is 324 g/mol. The predicted octanol–water partition coefficient (Wildman–Crippen LogP) is 2.61. The SMILES string of the molecule is O=C([C@H]1CON(c2ccccc2)[C@H]1c1ccccc1)N1CCOC1. The van der Waals surface area contributed by atoms with Gasteiger partial charge in [0.25, 0.3) is 0 Å². The maximum Gasteiger partial charge on any atom is 0.232 e. The zero-order valence-corrected chi connectivity index (χ0v) is 13.4. The maximum absolute atomic E-state index is 12.9. The van der Waals surface area contributed by atoms with Crippen molar-refractivity contribution in [3.05, 3.63) is 66.2 Å². The molecule has 2 heterocycles. The molecule has 0 radical (unpaired) electrons. The summed E-state index contributed by atoms with van der Waals surface area (Å²) in [6.45, 7) is 2.02. The fourth-order valence-electron chi connectivity index (χ4n) is 3.35. The lowest BCUT2D eigenvalue weighted by Crippen LogP contribution is -2.38. The summed E-state index contributed by atoms with van der Waals surface area (Å²) in [5.41, 5.74) is 2.04. The first kappa shape index (κ1) is 15.2. The Kier molecular flexibility index (Phi) is 4.19. The van der Waals surface area contributed by atoms with Crippen LogP contribution in [-0.4, -0.2) is 37.3 Å². The Morgan fingerprint density at radius 2 is 1.71 bits per heavy atom. The Hall–Kier alpha value is -2.37. The molecule has 0 N–H and O–H groups in total. The van der Waals surface area contributed by atoms with Crippen LogP contribution in [0.4, 0.5) is 5.69 Å². The van der Waals surface area contributed by atoms with Crippen molar-refractivity contribution < 1.29 is 14.4 Å². The smallest absolute Gasteiger partial charge is 0.232 e. The Morgan fingerprint density at radius 3 is 2.38 bits per heavy atom. The minimum atomic E-state index is -0.241. The zero-order valence-electron chi connectivity index (χ0n) is 13.4. The number of nitrogens with zero attached hydrogens (tertiary/aromatic N) is 2. The van der Waals surface area contributed by atoms with Crippen molar-refractivity contribution in [2.75, 3.05) is 31.6 Å². The van der Waals surface area contributed by atoms with Gasteiger partial charge in [0.15, 0.2) is 0 Å². The minimum absolute atomic E-state index is 0.0970. The van der Waals surface area contributed by atoms with Crippen LogP contribution in [-0.2, 0) is 14.4 Å². The van der Waals surface area contributed by atoms with E-state index in [0.717, 1.165) is 11.3 Å². The first-order chi connectivity index (χ1) is 11.8. The highest BCUT2D eigenvalue weighted by atomic mass is 16.7. The van der Waals surface area contributed by atoms with Crippen molar-refractivity contribution in [3.63, 3.8) is 0 Å². The molecule has 0 spiro atoms. The first-order valence-corrected chi connectivity index (χ1v) is 8.23.